The Kier molecular flexibility index (Phi) is 5.05. The van der Waals surface area contributed by atoms with E-state index >= 15 is 0 Å². The van der Waals surface area contributed by atoms with Crippen LogP contribution in [0.4, 0.5) is 0 Å². The van der Waals surface area contributed by atoms with Crippen molar-refractivity contribution < 1.29 is 0 Å². The zero-order chi connectivity index (χ0) is 16.6. The van der Waals surface area contributed by atoms with E-state index in [0.29, 0.717) is 36.4 Å². The maximum Gasteiger partial charge on any atom is 0.0904 e. The molecule has 1 heterocycles. The van der Waals surface area contributed by atoms with Crippen LogP contribution in [-0.2, 0) is 0 Å². The number of aromatic nitrogens is 1. The van der Waals surface area contributed by atoms with Gasteiger partial charge in [0.2, 0.25) is 0 Å². The van der Waals surface area contributed by atoms with E-state index in [1.807, 2.05) is 0 Å². The van der Waals surface area contributed by atoms with Crippen molar-refractivity contribution >= 4 is 58.0 Å². The van der Waals surface area contributed by atoms with Crippen molar-refractivity contribution in [3.8, 4) is 22.4 Å². The van der Waals surface area contributed by atoms with Crippen molar-refractivity contribution in [1.29, 1.82) is 0 Å². The summed E-state index contributed by atoms with van der Waals surface area (Å²) in [6, 6.07) is 12.1. The Balaban J connectivity index is 2.11. The fourth-order valence-electron chi connectivity index (χ4n) is 2.18. The van der Waals surface area contributed by atoms with Crippen molar-refractivity contribution in [2.45, 2.75) is 0 Å². The first-order valence-electron chi connectivity index (χ1n) is 6.52. The Morgan fingerprint density at radius 1 is 0.609 bits per heavy atom. The first kappa shape index (κ1) is 16.9. The first-order chi connectivity index (χ1) is 11.0. The van der Waals surface area contributed by atoms with Crippen LogP contribution in [0.15, 0.2) is 48.7 Å². The molecule has 1 aromatic heterocycles. The molecule has 0 unspecified atom stereocenters. The fourth-order valence-corrected chi connectivity index (χ4v) is 3.23. The van der Waals surface area contributed by atoms with Gasteiger partial charge in [-0.25, -0.2) is 0 Å². The lowest BCUT2D eigenvalue weighted by Crippen LogP contribution is -1.89. The molecule has 3 rings (SSSR count). The highest BCUT2D eigenvalue weighted by atomic mass is 35.5. The topological polar surface area (TPSA) is 12.9 Å². The largest absolute Gasteiger partial charge is 0.254 e. The van der Waals surface area contributed by atoms with E-state index in [1.165, 1.54) is 0 Å². The van der Waals surface area contributed by atoms with Crippen molar-refractivity contribution in [3.63, 3.8) is 0 Å². The van der Waals surface area contributed by atoms with Crippen LogP contribution >= 0.6 is 58.0 Å². The van der Waals surface area contributed by atoms with Gasteiger partial charge in [-0.3, -0.25) is 4.98 Å². The Morgan fingerprint density at radius 3 is 1.78 bits per heavy atom. The summed E-state index contributed by atoms with van der Waals surface area (Å²) >= 11 is 30.9. The van der Waals surface area contributed by atoms with Crippen LogP contribution < -0.4 is 0 Å². The van der Waals surface area contributed by atoms with Gasteiger partial charge in [0.15, 0.2) is 0 Å². The average Bonchev–Trinajstić information content (AvgIpc) is 2.52. The highest BCUT2D eigenvalue weighted by molar-refractivity contribution is 6.38. The molecular weight excluding hydrogens is 395 g/mol. The molecule has 0 N–H and O–H groups in total. The summed E-state index contributed by atoms with van der Waals surface area (Å²) < 4.78 is 0. The molecule has 0 aliphatic rings. The van der Waals surface area contributed by atoms with E-state index in [2.05, 4.69) is 4.98 Å². The molecule has 0 atom stereocenters. The summed E-state index contributed by atoms with van der Waals surface area (Å²) in [7, 11) is 0. The van der Waals surface area contributed by atoms with E-state index in [1.54, 1.807) is 48.7 Å². The average molecular weight is 404 g/mol. The van der Waals surface area contributed by atoms with Gasteiger partial charge in [-0.05, 0) is 42.5 Å². The van der Waals surface area contributed by atoms with Gasteiger partial charge in [0.05, 0.1) is 15.7 Å². The zero-order valence-electron chi connectivity index (χ0n) is 11.5. The monoisotopic (exact) mass is 401 g/mol. The van der Waals surface area contributed by atoms with E-state index in [9.17, 15) is 0 Å². The summed E-state index contributed by atoms with van der Waals surface area (Å²) in [5.41, 5.74) is 2.76. The first-order valence-corrected chi connectivity index (χ1v) is 8.41. The lowest BCUT2D eigenvalue weighted by Gasteiger charge is -2.10. The van der Waals surface area contributed by atoms with Gasteiger partial charge in [0.1, 0.15) is 0 Å². The molecule has 0 amide bonds. The molecule has 0 radical (unpaired) electrons. The molecule has 0 bridgehead atoms. The van der Waals surface area contributed by atoms with Gasteiger partial charge >= 0.3 is 0 Å². The molecule has 3 aromatic rings. The fraction of sp³-hybridized carbons (Fsp3) is 0. The minimum atomic E-state index is 0.447. The predicted molar refractivity (Wildman–Crippen MR) is 100 cm³/mol. The van der Waals surface area contributed by atoms with E-state index < -0.39 is 0 Å². The molecule has 6 heteroatoms. The van der Waals surface area contributed by atoms with Crippen molar-refractivity contribution in [2.24, 2.45) is 0 Å². The number of benzene rings is 2. The molecule has 23 heavy (non-hydrogen) atoms. The summed E-state index contributed by atoms with van der Waals surface area (Å²) in [6.07, 6.45) is 1.68. The summed E-state index contributed by atoms with van der Waals surface area (Å²) in [5, 5.41) is 2.69. The molecule has 0 saturated heterocycles. The lowest BCUT2D eigenvalue weighted by molar-refractivity contribution is 1.32. The second-order valence-corrected chi connectivity index (χ2v) is 6.90. The van der Waals surface area contributed by atoms with Gasteiger partial charge in [0.25, 0.3) is 0 Å². The number of halogens is 5. The minimum Gasteiger partial charge on any atom is -0.254 e. The molecule has 0 fully saturated rings. The molecule has 0 aliphatic carbocycles. The van der Waals surface area contributed by atoms with Crippen LogP contribution in [0.3, 0.4) is 0 Å². The smallest absolute Gasteiger partial charge is 0.0904 e. The van der Waals surface area contributed by atoms with Gasteiger partial charge < -0.3 is 0 Å². The zero-order valence-corrected chi connectivity index (χ0v) is 15.2. The Labute approximate surface area is 158 Å². The molecule has 116 valence electrons. The number of rotatable bonds is 2. The number of pyridine rings is 1. The van der Waals surface area contributed by atoms with Gasteiger partial charge in [-0.15, -0.1) is 0 Å². The Morgan fingerprint density at radius 2 is 1.17 bits per heavy atom. The molecule has 0 aliphatic heterocycles. The Bertz CT molecular complexity index is 892. The van der Waals surface area contributed by atoms with Crippen LogP contribution in [0.2, 0.25) is 25.1 Å². The molecular formula is C17H8Cl5N. The third kappa shape index (κ3) is 3.60. The maximum atomic E-state index is 6.39. The summed E-state index contributed by atoms with van der Waals surface area (Å²) in [4.78, 5) is 4.42. The third-order valence-corrected chi connectivity index (χ3v) is 4.68. The van der Waals surface area contributed by atoms with E-state index in [-0.39, 0.29) is 0 Å². The number of hydrogen-bond acceptors (Lipinski definition) is 1. The van der Waals surface area contributed by atoms with Crippen LogP contribution in [0.1, 0.15) is 0 Å². The van der Waals surface area contributed by atoms with Crippen molar-refractivity contribution in [3.05, 3.63) is 73.8 Å². The minimum absolute atomic E-state index is 0.447. The number of hydrogen-bond donors (Lipinski definition) is 0. The lowest BCUT2D eigenvalue weighted by atomic mass is 10.1. The van der Waals surface area contributed by atoms with Gasteiger partial charge in [-0.1, -0.05) is 58.0 Å². The normalized spacial score (nSPS) is 10.8. The van der Waals surface area contributed by atoms with Crippen LogP contribution in [0, 0.1) is 0 Å². The molecule has 2 aromatic carbocycles. The third-order valence-electron chi connectivity index (χ3n) is 3.26. The standard InChI is InChI=1S/C17H8Cl5N/c18-10-1-3-14(20)12(6-10)9-5-16(22)17(23-8-9)13-7-11(19)2-4-15(13)21/h1-8H. The second-order valence-electron chi connectivity index (χ2n) is 4.80. The molecule has 1 nitrogen and oxygen atoms in total. The van der Waals surface area contributed by atoms with Crippen LogP contribution in [-0.4, -0.2) is 4.98 Å². The quantitative estimate of drug-likeness (QED) is 0.427. The summed E-state index contributed by atoms with van der Waals surface area (Å²) in [6.45, 7) is 0. The number of nitrogens with zero attached hydrogens (tertiary/aromatic N) is 1. The summed E-state index contributed by atoms with van der Waals surface area (Å²) in [5.74, 6) is 0. The SMILES string of the molecule is Clc1ccc(Cl)c(-c2cnc(-c3cc(Cl)ccc3Cl)c(Cl)c2)c1. The predicted octanol–water partition coefficient (Wildman–Crippen LogP) is 7.68. The molecule has 0 saturated carbocycles. The van der Waals surface area contributed by atoms with E-state index in [0.717, 1.165) is 11.1 Å². The van der Waals surface area contributed by atoms with Gasteiger partial charge in [0, 0.05) is 38.0 Å². The van der Waals surface area contributed by atoms with Crippen LogP contribution in [0.5, 0.6) is 0 Å². The maximum absolute atomic E-state index is 6.39. The van der Waals surface area contributed by atoms with Gasteiger partial charge in [-0.2, -0.15) is 0 Å². The van der Waals surface area contributed by atoms with Crippen molar-refractivity contribution in [2.75, 3.05) is 0 Å². The Hall–Kier alpha value is -0.960. The second kappa shape index (κ2) is 6.88. The highest BCUT2D eigenvalue weighted by Crippen LogP contribution is 2.37. The highest BCUT2D eigenvalue weighted by Gasteiger charge is 2.13. The van der Waals surface area contributed by atoms with Crippen LogP contribution in [0.25, 0.3) is 22.4 Å². The van der Waals surface area contributed by atoms with Crippen molar-refractivity contribution in [1.82, 2.24) is 4.98 Å². The molecule has 0 spiro atoms. The van der Waals surface area contributed by atoms with E-state index in [4.69, 9.17) is 58.0 Å².